The summed E-state index contributed by atoms with van der Waals surface area (Å²) in [5.74, 6) is 2.67. The van der Waals surface area contributed by atoms with Gasteiger partial charge in [-0.1, -0.05) is 25.3 Å². The molecule has 0 aliphatic carbocycles. The third-order valence-corrected chi connectivity index (χ3v) is 2.99. The molecule has 4 nitrogen and oxygen atoms in total. The van der Waals surface area contributed by atoms with Crippen LogP contribution >= 0.6 is 0 Å². The summed E-state index contributed by atoms with van der Waals surface area (Å²) >= 11 is 0. The van der Waals surface area contributed by atoms with Crippen molar-refractivity contribution in [2.75, 3.05) is 6.61 Å². The molecule has 4 heteroatoms. The molecule has 2 aromatic rings. The molecule has 0 spiro atoms. The van der Waals surface area contributed by atoms with E-state index in [0.717, 1.165) is 5.75 Å². The molecule has 0 aliphatic rings. The lowest BCUT2D eigenvalue weighted by atomic mass is 10.3. The van der Waals surface area contributed by atoms with Crippen molar-refractivity contribution in [2.24, 2.45) is 0 Å². The van der Waals surface area contributed by atoms with Gasteiger partial charge in [0.2, 0.25) is 5.88 Å². The van der Waals surface area contributed by atoms with Crippen LogP contribution < -0.4 is 14.2 Å². The lowest BCUT2D eigenvalue weighted by Gasteiger charge is -2.15. The zero-order valence-corrected chi connectivity index (χ0v) is 13.7. The van der Waals surface area contributed by atoms with Crippen LogP contribution in [0.3, 0.4) is 0 Å². The Kier molecular flexibility index (Phi) is 6.65. The van der Waals surface area contributed by atoms with Crippen LogP contribution in [0.2, 0.25) is 0 Å². The minimum absolute atomic E-state index is 0.112. The van der Waals surface area contributed by atoms with Gasteiger partial charge in [0.1, 0.15) is 30.0 Å². The van der Waals surface area contributed by atoms with Crippen molar-refractivity contribution in [3.63, 3.8) is 0 Å². The number of rotatable bonds is 9. The lowest BCUT2D eigenvalue weighted by Crippen LogP contribution is -2.21. The topological polar surface area (TPSA) is 40.6 Å². The van der Waals surface area contributed by atoms with E-state index in [1.165, 1.54) is 0 Å². The second kappa shape index (κ2) is 9.20. The van der Waals surface area contributed by atoms with Gasteiger partial charge in [0.05, 0.1) is 0 Å². The summed E-state index contributed by atoms with van der Waals surface area (Å²) in [7, 11) is 0. The van der Waals surface area contributed by atoms with Gasteiger partial charge >= 0.3 is 0 Å². The first-order valence-electron chi connectivity index (χ1n) is 7.65. The number of hydrogen-bond acceptors (Lipinski definition) is 4. The van der Waals surface area contributed by atoms with Crippen molar-refractivity contribution in [1.29, 1.82) is 0 Å². The van der Waals surface area contributed by atoms with E-state index in [-0.39, 0.29) is 6.10 Å². The molecule has 2 rings (SSSR count). The summed E-state index contributed by atoms with van der Waals surface area (Å²) < 4.78 is 17.0. The summed E-state index contributed by atoms with van der Waals surface area (Å²) in [6.45, 7) is 9.68. The largest absolute Gasteiger partial charge is 0.490 e. The SMILES string of the molecule is C=C/C=C(\C=C)Oc1ccc(OCC(C)Oc2ccccn2)cc1. The third kappa shape index (κ3) is 5.65. The minimum Gasteiger partial charge on any atom is -0.490 e. The van der Waals surface area contributed by atoms with E-state index in [0.29, 0.717) is 24.0 Å². The normalized spacial score (nSPS) is 12.1. The molecule has 0 radical (unpaired) electrons. The Morgan fingerprint density at radius 2 is 1.88 bits per heavy atom. The molecule has 1 atom stereocenters. The Balaban J connectivity index is 1.84. The maximum Gasteiger partial charge on any atom is 0.213 e. The molecular weight excluding hydrogens is 302 g/mol. The van der Waals surface area contributed by atoms with Gasteiger partial charge in [0.25, 0.3) is 0 Å². The van der Waals surface area contributed by atoms with Crippen molar-refractivity contribution >= 4 is 0 Å². The Bertz CT molecular complexity index is 678. The highest BCUT2D eigenvalue weighted by Crippen LogP contribution is 2.20. The van der Waals surface area contributed by atoms with Crippen LogP contribution in [0, 0.1) is 0 Å². The van der Waals surface area contributed by atoms with Crippen molar-refractivity contribution in [3.05, 3.63) is 85.8 Å². The Morgan fingerprint density at radius 3 is 2.50 bits per heavy atom. The average Bonchev–Trinajstić information content (AvgIpc) is 2.61. The van der Waals surface area contributed by atoms with Gasteiger partial charge in [-0.3, -0.25) is 0 Å². The summed E-state index contributed by atoms with van der Waals surface area (Å²) in [5.41, 5.74) is 0. The molecule has 0 fully saturated rings. The molecular formula is C20H21NO3. The van der Waals surface area contributed by atoms with E-state index >= 15 is 0 Å². The average molecular weight is 323 g/mol. The fourth-order valence-corrected chi connectivity index (χ4v) is 1.87. The molecule has 1 aromatic carbocycles. The van der Waals surface area contributed by atoms with E-state index in [1.54, 1.807) is 24.4 Å². The highest BCUT2D eigenvalue weighted by Gasteiger charge is 2.06. The highest BCUT2D eigenvalue weighted by atomic mass is 16.5. The fourth-order valence-electron chi connectivity index (χ4n) is 1.87. The predicted octanol–water partition coefficient (Wildman–Crippen LogP) is 4.56. The van der Waals surface area contributed by atoms with Crippen LogP contribution in [0.5, 0.6) is 17.4 Å². The smallest absolute Gasteiger partial charge is 0.213 e. The molecule has 24 heavy (non-hydrogen) atoms. The quantitative estimate of drug-likeness (QED) is 0.501. The van der Waals surface area contributed by atoms with Crippen LogP contribution in [0.4, 0.5) is 0 Å². The second-order valence-corrected chi connectivity index (χ2v) is 4.99. The monoisotopic (exact) mass is 323 g/mol. The molecule has 1 aromatic heterocycles. The molecule has 0 N–H and O–H groups in total. The second-order valence-electron chi connectivity index (χ2n) is 4.99. The van der Waals surface area contributed by atoms with E-state index in [9.17, 15) is 0 Å². The molecule has 1 heterocycles. The molecule has 0 bridgehead atoms. The summed E-state index contributed by atoms with van der Waals surface area (Å²) in [6, 6.07) is 12.9. The number of ether oxygens (including phenoxy) is 3. The van der Waals surface area contributed by atoms with Gasteiger partial charge in [0, 0.05) is 12.3 Å². The van der Waals surface area contributed by atoms with Crippen LogP contribution in [0.1, 0.15) is 6.92 Å². The Hall–Kier alpha value is -3.01. The van der Waals surface area contributed by atoms with Crippen molar-refractivity contribution in [1.82, 2.24) is 4.98 Å². The van der Waals surface area contributed by atoms with E-state index in [1.807, 2.05) is 49.4 Å². The van der Waals surface area contributed by atoms with Gasteiger partial charge in [-0.2, -0.15) is 0 Å². The molecule has 0 saturated heterocycles. The maximum atomic E-state index is 5.71. The van der Waals surface area contributed by atoms with E-state index in [2.05, 4.69) is 18.1 Å². The van der Waals surface area contributed by atoms with Crippen molar-refractivity contribution < 1.29 is 14.2 Å². The van der Waals surface area contributed by atoms with Crippen LogP contribution in [-0.2, 0) is 0 Å². The van der Waals surface area contributed by atoms with Crippen LogP contribution in [-0.4, -0.2) is 17.7 Å². The fraction of sp³-hybridized carbons (Fsp3) is 0.150. The lowest BCUT2D eigenvalue weighted by molar-refractivity contribution is 0.138. The van der Waals surface area contributed by atoms with Crippen molar-refractivity contribution in [3.8, 4) is 17.4 Å². The van der Waals surface area contributed by atoms with Gasteiger partial charge in [0.15, 0.2) is 0 Å². The number of aromatic nitrogens is 1. The molecule has 124 valence electrons. The van der Waals surface area contributed by atoms with Gasteiger partial charge in [-0.15, -0.1) is 0 Å². The van der Waals surface area contributed by atoms with Gasteiger partial charge < -0.3 is 14.2 Å². The first kappa shape index (κ1) is 17.3. The first-order chi connectivity index (χ1) is 11.7. The number of allylic oxidation sites excluding steroid dienone is 3. The standard InChI is InChI=1S/C20H21NO3/c1-4-8-17(5-2)24-19-12-10-18(11-13-19)22-15-16(3)23-20-9-6-7-14-21-20/h4-14,16H,1-2,15H2,3H3/b17-8+. The van der Waals surface area contributed by atoms with Gasteiger partial charge in [-0.25, -0.2) is 4.98 Å². The Morgan fingerprint density at radius 1 is 1.12 bits per heavy atom. The molecule has 0 aliphatic heterocycles. The predicted molar refractivity (Wildman–Crippen MR) is 95.4 cm³/mol. The maximum absolute atomic E-state index is 5.71. The first-order valence-corrected chi connectivity index (χ1v) is 7.65. The highest BCUT2D eigenvalue weighted by molar-refractivity contribution is 5.33. The zero-order chi connectivity index (χ0) is 17.2. The van der Waals surface area contributed by atoms with Gasteiger partial charge in [-0.05, 0) is 49.4 Å². The van der Waals surface area contributed by atoms with E-state index in [4.69, 9.17) is 14.2 Å². The number of benzene rings is 1. The van der Waals surface area contributed by atoms with Crippen molar-refractivity contribution in [2.45, 2.75) is 13.0 Å². The summed E-state index contributed by atoms with van der Waals surface area (Å²) in [6.07, 6.45) is 6.60. The van der Waals surface area contributed by atoms with E-state index < -0.39 is 0 Å². The molecule has 0 saturated carbocycles. The van der Waals surface area contributed by atoms with Crippen LogP contribution in [0.15, 0.2) is 85.8 Å². The minimum atomic E-state index is -0.112. The summed E-state index contributed by atoms with van der Waals surface area (Å²) in [5, 5.41) is 0. The Labute approximate surface area is 142 Å². The number of hydrogen-bond donors (Lipinski definition) is 0. The molecule has 1 unspecified atom stereocenters. The van der Waals surface area contributed by atoms with Crippen LogP contribution in [0.25, 0.3) is 0 Å². The third-order valence-electron chi connectivity index (χ3n) is 2.99. The summed E-state index contributed by atoms with van der Waals surface area (Å²) in [4.78, 5) is 4.12. The number of pyridine rings is 1. The molecule has 0 amide bonds. The number of nitrogens with zero attached hydrogens (tertiary/aromatic N) is 1. The zero-order valence-electron chi connectivity index (χ0n) is 13.7.